The second-order valence-corrected chi connectivity index (χ2v) is 6.10. The molecule has 124 valence electrons. The number of carbonyl (C=O) groups excluding carboxylic acids is 1. The Balaban J connectivity index is 1.60. The number of halogens is 1. The van der Waals surface area contributed by atoms with Crippen LogP contribution in [-0.4, -0.2) is 20.8 Å². The molecule has 0 radical (unpaired) electrons. The van der Waals surface area contributed by atoms with Gasteiger partial charge in [-0.2, -0.15) is 5.10 Å². The fraction of sp³-hybridized carbons (Fsp3) is 0.188. The van der Waals surface area contributed by atoms with E-state index in [0.717, 1.165) is 10.7 Å². The van der Waals surface area contributed by atoms with Crippen molar-refractivity contribution in [3.05, 3.63) is 64.0 Å². The van der Waals surface area contributed by atoms with Crippen molar-refractivity contribution in [1.82, 2.24) is 20.1 Å². The molecule has 0 aliphatic rings. The van der Waals surface area contributed by atoms with Crippen LogP contribution < -0.4 is 10.6 Å². The molecule has 0 spiro atoms. The lowest BCUT2D eigenvalue weighted by molar-refractivity contribution is 0.251. The van der Waals surface area contributed by atoms with E-state index >= 15 is 0 Å². The molecule has 0 saturated heterocycles. The number of aromatic nitrogens is 3. The average molecular weight is 345 g/mol. The van der Waals surface area contributed by atoms with Gasteiger partial charge in [0.05, 0.1) is 19.3 Å². The van der Waals surface area contributed by atoms with Crippen LogP contribution in [0.2, 0.25) is 0 Å². The number of nitrogens with one attached hydrogen (secondary N) is 2. The van der Waals surface area contributed by atoms with Gasteiger partial charge in [0.15, 0.2) is 0 Å². The molecule has 2 aromatic heterocycles. The van der Waals surface area contributed by atoms with Gasteiger partial charge in [-0.05, 0) is 13.0 Å². The van der Waals surface area contributed by atoms with E-state index in [4.69, 9.17) is 0 Å². The summed E-state index contributed by atoms with van der Waals surface area (Å²) in [6, 6.07) is 7.78. The first kappa shape index (κ1) is 16.1. The number of benzene rings is 1. The number of thiazole rings is 1. The number of aryl methyl sites for hydroxylation is 1. The molecule has 3 aromatic rings. The maximum atomic E-state index is 13.7. The monoisotopic (exact) mass is 345 g/mol. The first-order valence-corrected chi connectivity index (χ1v) is 8.21. The fourth-order valence-corrected chi connectivity index (χ4v) is 2.86. The summed E-state index contributed by atoms with van der Waals surface area (Å²) >= 11 is 1.49. The summed E-state index contributed by atoms with van der Waals surface area (Å²) in [6.07, 6.45) is 1.56. The molecule has 2 N–H and O–H groups in total. The zero-order valence-electron chi connectivity index (χ0n) is 13.0. The van der Waals surface area contributed by atoms with E-state index in [1.54, 1.807) is 30.5 Å². The summed E-state index contributed by atoms with van der Waals surface area (Å²) in [5.41, 5.74) is 1.43. The van der Waals surface area contributed by atoms with Crippen LogP contribution in [0.4, 0.5) is 15.0 Å². The summed E-state index contributed by atoms with van der Waals surface area (Å²) < 4.78 is 15.3. The van der Waals surface area contributed by atoms with Gasteiger partial charge in [-0.15, -0.1) is 11.3 Å². The van der Waals surface area contributed by atoms with Gasteiger partial charge in [-0.3, -0.25) is 5.32 Å². The van der Waals surface area contributed by atoms with Crippen molar-refractivity contribution >= 4 is 23.2 Å². The van der Waals surface area contributed by atoms with E-state index < -0.39 is 0 Å². The molecule has 6 nitrogen and oxygen atoms in total. The Hall–Kier alpha value is -2.74. The zero-order valence-corrected chi connectivity index (χ0v) is 13.8. The summed E-state index contributed by atoms with van der Waals surface area (Å²) in [6.45, 7) is 2.49. The number of amides is 2. The topological polar surface area (TPSA) is 71.8 Å². The van der Waals surface area contributed by atoms with Crippen molar-refractivity contribution < 1.29 is 9.18 Å². The molecule has 1 aromatic carbocycles. The normalized spacial score (nSPS) is 10.6. The third-order valence-corrected chi connectivity index (χ3v) is 4.27. The van der Waals surface area contributed by atoms with Crippen molar-refractivity contribution in [2.24, 2.45) is 0 Å². The summed E-state index contributed by atoms with van der Waals surface area (Å²) in [4.78, 5) is 16.3. The van der Waals surface area contributed by atoms with Crippen molar-refractivity contribution in [2.75, 3.05) is 5.32 Å². The van der Waals surface area contributed by atoms with Crippen LogP contribution in [0.3, 0.4) is 0 Å². The second kappa shape index (κ2) is 7.22. The van der Waals surface area contributed by atoms with Crippen LogP contribution in [0.1, 0.15) is 16.3 Å². The van der Waals surface area contributed by atoms with E-state index in [0.29, 0.717) is 17.9 Å². The van der Waals surface area contributed by atoms with Crippen LogP contribution in [-0.2, 0) is 13.1 Å². The molecule has 2 amide bonds. The summed E-state index contributed by atoms with van der Waals surface area (Å²) in [5, 5.41) is 12.3. The number of rotatable bonds is 5. The molecule has 0 unspecified atom stereocenters. The Morgan fingerprint density at radius 3 is 2.92 bits per heavy atom. The van der Waals surface area contributed by atoms with Gasteiger partial charge in [0.25, 0.3) is 0 Å². The van der Waals surface area contributed by atoms with Crippen LogP contribution in [0.5, 0.6) is 0 Å². The predicted octanol–water partition coefficient (Wildman–Crippen LogP) is 3.16. The van der Waals surface area contributed by atoms with E-state index in [1.807, 2.05) is 12.3 Å². The Morgan fingerprint density at radius 2 is 2.17 bits per heavy atom. The van der Waals surface area contributed by atoms with Gasteiger partial charge in [0.1, 0.15) is 16.6 Å². The van der Waals surface area contributed by atoms with Gasteiger partial charge in [-0.25, -0.2) is 18.9 Å². The smallest absolute Gasteiger partial charge is 0.320 e. The Kier molecular flexibility index (Phi) is 4.85. The lowest BCUT2D eigenvalue weighted by Crippen LogP contribution is -2.29. The fourth-order valence-electron chi connectivity index (χ4n) is 2.15. The van der Waals surface area contributed by atoms with Crippen molar-refractivity contribution in [1.29, 1.82) is 0 Å². The highest BCUT2D eigenvalue weighted by Gasteiger charge is 2.10. The lowest BCUT2D eigenvalue weighted by Gasteiger charge is -2.10. The largest absolute Gasteiger partial charge is 0.331 e. The van der Waals surface area contributed by atoms with Gasteiger partial charge in [-0.1, -0.05) is 18.2 Å². The maximum absolute atomic E-state index is 13.7. The number of hydrogen-bond acceptors (Lipinski definition) is 4. The van der Waals surface area contributed by atoms with Crippen molar-refractivity contribution in [2.45, 2.75) is 20.0 Å². The Morgan fingerprint density at radius 1 is 1.33 bits per heavy atom. The van der Waals surface area contributed by atoms with Gasteiger partial charge in [0.2, 0.25) is 0 Å². The quantitative estimate of drug-likeness (QED) is 0.746. The third kappa shape index (κ3) is 3.96. The zero-order chi connectivity index (χ0) is 16.9. The predicted molar refractivity (Wildman–Crippen MR) is 90.4 cm³/mol. The molecule has 0 atom stereocenters. The number of carbonyl (C=O) groups is 1. The number of nitrogens with zero attached hydrogens (tertiary/aromatic N) is 3. The second-order valence-electron chi connectivity index (χ2n) is 5.16. The first-order chi connectivity index (χ1) is 11.6. The summed E-state index contributed by atoms with van der Waals surface area (Å²) in [7, 11) is 0. The van der Waals surface area contributed by atoms with Crippen molar-refractivity contribution in [3.8, 4) is 0 Å². The molecular formula is C16H16FN5OS. The maximum Gasteiger partial charge on any atom is 0.320 e. The molecule has 3 rings (SSSR count). The van der Waals surface area contributed by atoms with E-state index in [1.165, 1.54) is 22.1 Å². The van der Waals surface area contributed by atoms with Crippen LogP contribution >= 0.6 is 11.3 Å². The van der Waals surface area contributed by atoms with E-state index in [9.17, 15) is 9.18 Å². The molecular weight excluding hydrogens is 329 g/mol. The molecule has 24 heavy (non-hydrogen) atoms. The summed E-state index contributed by atoms with van der Waals surface area (Å²) in [5.74, 6) is 0.189. The molecule has 0 aliphatic carbocycles. The van der Waals surface area contributed by atoms with Gasteiger partial charge >= 0.3 is 6.03 Å². The highest BCUT2D eigenvalue weighted by molar-refractivity contribution is 7.09. The minimum absolute atomic E-state index is 0.237. The first-order valence-electron chi connectivity index (χ1n) is 7.33. The van der Waals surface area contributed by atoms with Crippen LogP contribution in [0.25, 0.3) is 0 Å². The Bertz CT molecular complexity index is 844. The molecule has 0 saturated carbocycles. The highest BCUT2D eigenvalue weighted by atomic mass is 32.1. The molecule has 0 aliphatic heterocycles. The SMILES string of the molecule is Cc1csc(CNC(=O)Nc2ccnn2Cc2ccccc2F)n1. The number of urea groups is 1. The molecule has 0 fully saturated rings. The average Bonchev–Trinajstić information content (AvgIpc) is 3.17. The van der Waals surface area contributed by atoms with Crippen LogP contribution in [0, 0.1) is 12.7 Å². The van der Waals surface area contributed by atoms with E-state index in [2.05, 4.69) is 20.7 Å². The van der Waals surface area contributed by atoms with E-state index in [-0.39, 0.29) is 18.4 Å². The van der Waals surface area contributed by atoms with Crippen molar-refractivity contribution in [3.63, 3.8) is 0 Å². The van der Waals surface area contributed by atoms with Gasteiger partial charge in [0, 0.05) is 22.7 Å². The Labute approximate surface area is 142 Å². The molecule has 0 bridgehead atoms. The molecule has 2 heterocycles. The third-order valence-electron chi connectivity index (χ3n) is 3.30. The minimum atomic E-state index is -0.363. The number of hydrogen-bond donors (Lipinski definition) is 2. The lowest BCUT2D eigenvalue weighted by atomic mass is 10.2. The van der Waals surface area contributed by atoms with Crippen LogP contribution in [0.15, 0.2) is 41.9 Å². The highest BCUT2D eigenvalue weighted by Crippen LogP contribution is 2.13. The number of anilines is 1. The van der Waals surface area contributed by atoms with Gasteiger partial charge < -0.3 is 5.32 Å². The standard InChI is InChI=1S/C16H16FN5OS/c1-11-10-24-15(20-11)8-18-16(23)21-14-6-7-19-22(14)9-12-4-2-3-5-13(12)17/h2-7,10H,8-9H2,1H3,(H2,18,21,23). The minimum Gasteiger partial charge on any atom is -0.331 e. The molecule has 8 heteroatoms.